The minimum Gasteiger partial charge on any atom is -0.336 e. The molecule has 0 heterocycles. The van der Waals surface area contributed by atoms with E-state index in [4.69, 9.17) is 0 Å². The van der Waals surface area contributed by atoms with Crippen LogP contribution in [0.5, 0.6) is 0 Å². The molecule has 0 saturated heterocycles. The summed E-state index contributed by atoms with van der Waals surface area (Å²) in [5.41, 5.74) is 0.276. The molecule has 0 N–H and O–H groups in total. The molecule has 0 saturated carbocycles. The van der Waals surface area contributed by atoms with Crippen molar-refractivity contribution in [3.8, 4) is 0 Å². The summed E-state index contributed by atoms with van der Waals surface area (Å²) in [6, 6.07) is 7.93. The van der Waals surface area contributed by atoms with Gasteiger partial charge in [-0.2, -0.15) is 0 Å². The van der Waals surface area contributed by atoms with E-state index in [1.807, 2.05) is 0 Å². The minimum absolute atomic E-state index is 0.276. The van der Waals surface area contributed by atoms with Gasteiger partial charge in [0.15, 0.2) is 0 Å². The van der Waals surface area contributed by atoms with E-state index in [0.717, 1.165) is 7.05 Å². The van der Waals surface area contributed by atoms with Gasteiger partial charge in [0, 0.05) is 12.6 Å². The minimum atomic E-state index is -5.71. The number of hydrogen-bond donors (Lipinski definition) is 0. The van der Waals surface area contributed by atoms with Crippen LogP contribution in [0.2, 0.25) is 0 Å². The molecule has 0 spiro atoms. The maximum absolute atomic E-state index is 12.1. The maximum Gasteiger partial charge on any atom is 0.636 e. The van der Waals surface area contributed by atoms with E-state index in [1.54, 1.807) is 18.2 Å². The van der Waals surface area contributed by atoms with Gasteiger partial charge in [0.05, 0.1) is 0 Å². The van der Waals surface area contributed by atoms with Gasteiger partial charge in [0.25, 0.3) is 5.91 Å². The van der Waals surface area contributed by atoms with E-state index < -0.39 is 21.2 Å². The number of rotatable bonds is 3. The lowest BCUT2D eigenvalue weighted by atomic mass is 10.2. The van der Waals surface area contributed by atoms with Crippen LogP contribution in [0.15, 0.2) is 30.3 Å². The zero-order valence-corrected chi connectivity index (χ0v) is 9.08. The molecule has 0 radical (unpaired) electrons. The Kier molecular flexibility index (Phi) is 3.51. The summed E-state index contributed by atoms with van der Waals surface area (Å²) in [5, 5.41) is 0. The van der Waals surface area contributed by atoms with Crippen molar-refractivity contribution < 1.29 is 17.1 Å². The van der Waals surface area contributed by atoms with E-state index in [-0.39, 0.29) is 5.56 Å². The topological polar surface area (TPSA) is 20.3 Å². The number of nitrogens with zero attached hydrogens (tertiary/aromatic N) is 1. The number of hydrogen-bond acceptors (Lipinski definition) is 1. The maximum atomic E-state index is 12.1. The van der Waals surface area contributed by atoms with Gasteiger partial charge in [-0.05, 0) is 12.1 Å². The Hall–Kier alpha value is -1.30. The molecule has 1 aromatic carbocycles. The van der Waals surface area contributed by atoms with Gasteiger partial charge in [0.2, 0.25) is 0 Å². The standard InChI is InChI=1S/C9H10F3NOSi/c1-13(7-15(10,11)12)9(14)8-5-3-2-4-6-8/h2-6H,7H2,1H3. The lowest BCUT2D eigenvalue weighted by Gasteiger charge is -2.17. The van der Waals surface area contributed by atoms with Crippen LogP contribution in [0.4, 0.5) is 12.3 Å². The predicted octanol–water partition coefficient (Wildman–Crippen LogP) is 2.15. The molecular weight excluding hydrogens is 223 g/mol. The first-order chi connectivity index (χ1) is 6.90. The van der Waals surface area contributed by atoms with Crippen molar-refractivity contribution in [1.82, 2.24) is 4.90 Å². The summed E-state index contributed by atoms with van der Waals surface area (Å²) in [7, 11) is -4.55. The number of amides is 1. The summed E-state index contributed by atoms with van der Waals surface area (Å²) in [6.07, 6.45) is -1.10. The zero-order chi connectivity index (χ0) is 11.5. The molecular formula is C9H10F3NOSi. The van der Waals surface area contributed by atoms with Gasteiger partial charge in [-0.1, -0.05) is 18.2 Å². The Morgan fingerprint density at radius 2 is 1.80 bits per heavy atom. The van der Waals surface area contributed by atoms with E-state index >= 15 is 0 Å². The fraction of sp³-hybridized carbons (Fsp3) is 0.222. The summed E-state index contributed by atoms with van der Waals surface area (Å²) < 4.78 is 36.4. The van der Waals surface area contributed by atoms with Crippen LogP contribution in [0.25, 0.3) is 0 Å². The molecule has 0 fully saturated rings. The smallest absolute Gasteiger partial charge is 0.336 e. The average molecular weight is 233 g/mol. The molecule has 0 aliphatic carbocycles. The van der Waals surface area contributed by atoms with Crippen LogP contribution in [0.3, 0.4) is 0 Å². The molecule has 0 aliphatic rings. The number of halogens is 3. The van der Waals surface area contributed by atoms with Gasteiger partial charge < -0.3 is 4.90 Å². The molecule has 82 valence electrons. The first-order valence-corrected chi connectivity index (χ1v) is 6.11. The van der Waals surface area contributed by atoms with Crippen molar-refractivity contribution >= 4 is 15.0 Å². The predicted molar refractivity (Wildman–Crippen MR) is 52.5 cm³/mol. The fourth-order valence-electron chi connectivity index (χ4n) is 1.14. The highest BCUT2D eigenvalue weighted by molar-refractivity contribution is 6.58. The van der Waals surface area contributed by atoms with E-state index in [1.165, 1.54) is 12.1 Å². The van der Waals surface area contributed by atoms with Crippen LogP contribution >= 0.6 is 0 Å². The fourth-order valence-corrected chi connectivity index (χ4v) is 1.82. The molecule has 0 unspecified atom stereocenters. The van der Waals surface area contributed by atoms with Crippen molar-refractivity contribution in [1.29, 1.82) is 0 Å². The molecule has 1 amide bonds. The van der Waals surface area contributed by atoms with Crippen LogP contribution in [0.1, 0.15) is 10.4 Å². The summed E-state index contributed by atoms with van der Waals surface area (Å²) in [6.45, 7) is 0. The van der Waals surface area contributed by atoms with Gasteiger partial charge in [-0.15, -0.1) is 0 Å². The second-order valence-electron chi connectivity index (χ2n) is 3.14. The average Bonchev–Trinajstić information content (AvgIpc) is 2.15. The highest BCUT2D eigenvalue weighted by Gasteiger charge is 2.39. The molecule has 0 aromatic heterocycles. The molecule has 1 aromatic rings. The Morgan fingerprint density at radius 3 is 2.27 bits per heavy atom. The third kappa shape index (κ3) is 3.74. The lowest BCUT2D eigenvalue weighted by Crippen LogP contribution is -2.39. The SMILES string of the molecule is CN(C[Si](F)(F)F)C(=O)c1ccccc1. The van der Waals surface area contributed by atoms with Gasteiger partial charge in [-0.25, -0.2) is 12.3 Å². The van der Waals surface area contributed by atoms with Crippen molar-refractivity contribution in [3.05, 3.63) is 35.9 Å². The first kappa shape index (κ1) is 11.8. The van der Waals surface area contributed by atoms with Crippen molar-refractivity contribution in [2.45, 2.75) is 0 Å². The van der Waals surface area contributed by atoms with Crippen molar-refractivity contribution in [2.75, 3.05) is 13.2 Å². The quantitative estimate of drug-likeness (QED) is 0.578. The van der Waals surface area contributed by atoms with E-state index in [2.05, 4.69) is 0 Å². The summed E-state index contributed by atoms with van der Waals surface area (Å²) >= 11 is 0. The Balaban J connectivity index is 2.70. The van der Waals surface area contributed by atoms with Crippen LogP contribution in [-0.2, 0) is 0 Å². The van der Waals surface area contributed by atoms with Crippen LogP contribution in [0, 0.1) is 0 Å². The first-order valence-electron chi connectivity index (χ1n) is 4.27. The highest BCUT2D eigenvalue weighted by Crippen LogP contribution is 2.11. The van der Waals surface area contributed by atoms with Crippen molar-refractivity contribution in [2.24, 2.45) is 0 Å². The summed E-state index contributed by atoms with van der Waals surface area (Å²) in [4.78, 5) is 12.2. The van der Waals surface area contributed by atoms with Gasteiger partial charge in [-0.3, -0.25) is 4.79 Å². The van der Waals surface area contributed by atoms with Crippen molar-refractivity contribution in [3.63, 3.8) is 0 Å². The molecule has 0 atom stereocenters. The van der Waals surface area contributed by atoms with E-state index in [9.17, 15) is 17.1 Å². The molecule has 6 heteroatoms. The number of carbonyl (C=O) groups is 1. The Labute approximate surface area is 86.8 Å². The second-order valence-corrected chi connectivity index (χ2v) is 4.69. The largest absolute Gasteiger partial charge is 0.636 e. The molecule has 15 heavy (non-hydrogen) atoms. The van der Waals surface area contributed by atoms with Gasteiger partial charge in [0.1, 0.15) is 6.17 Å². The Morgan fingerprint density at radius 1 is 1.27 bits per heavy atom. The second kappa shape index (κ2) is 4.48. The molecule has 1 rings (SSSR count). The third-order valence-electron chi connectivity index (χ3n) is 1.78. The molecule has 2 nitrogen and oxygen atoms in total. The monoisotopic (exact) mass is 233 g/mol. The van der Waals surface area contributed by atoms with E-state index in [0.29, 0.717) is 4.90 Å². The number of benzene rings is 1. The lowest BCUT2D eigenvalue weighted by molar-refractivity contribution is 0.0804. The molecule has 0 bridgehead atoms. The molecule has 0 aliphatic heterocycles. The third-order valence-corrected chi connectivity index (χ3v) is 2.62. The number of carbonyl (C=O) groups excluding carboxylic acids is 1. The highest BCUT2D eigenvalue weighted by atomic mass is 28.5. The van der Waals surface area contributed by atoms with Gasteiger partial charge >= 0.3 is 9.08 Å². The summed E-state index contributed by atoms with van der Waals surface area (Å²) in [5.74, 6) is -0.597. The zero-order valence-electron chi connectivity index (χ0n) is 8.08. The van der Waals surface area contributed by atoms with Crippen LogP contribution < -0.4 is 0 Å². The normalized spacial score (nSPS) is 11.2. The van der Waals surface area contributed by atoms with Crippen LogP contribution in [-0.4, -0.2) is 33.1 Å². The Bertz CT molecular complexity index is 339.